The van der Waals surface area contributed by atoms with E-state index in [1.165, 1.54) is 0 Å². The molecule has 1 aromatic carbocycles. The quantitative estimate of drug-likeness (QED) is 0.420. The Hall–Kier alpha value is -3.43. The molecule has 2 aromatic rings. The zero-order valence-electron chi connectivity index (χ0n) is 26.2. The lowest BCUT2D eigenvalue weighted by atomic mass is 9.66. The van der Waals surface area contributed by atoms with Gasteiger partial charge in [-0.1, -0.05) is 68.3 Å². The number of aromatic nitrogens is 2. The van der Waals surface area contributed by atoms with Crippen molar-refractivity contribution in [1.29, 1.82) is 0 Å². The number of amides is 3. The van der Waals surface area contributed by atoms with Gasteiger partial charge in [-0.05, 0) is 51.0 Å². The van der Waals surface area contributed by atoms with Gasteiger partial charge < -0.3 is 15.0 Å². The molecule has 1 fully saturated rings. The van der Waals surface area contributed by atoms with Crippen molar-refractivity contribution in [2.24, 2.45) is 10.9 Å². The highest BCUT2D eigenvalue weighted by molar-refractivity contribution is 6.31. The fourth-order valence-electron chi connectivity index (χ4n) is 6.16. The van der Waals surface area contributed by atoms with Gasteiger partial charge in [-0.25, -0.2) is 9.78 Å². The highest BCUT2D eigenvalue weighted by Crippen LogP contribution is 2.53. The maximum Gasteiger partial charge on any atom is 0.326 e. The van der Waals surface area contributed by atoms with Gasteiger partial charge in [0.2, 0.25) is 11.8 Å². The number of benzene rings is 1. The van der Waals surface area contributed by atoms with Gasteiger partial charge in [0.1, 0.15) is 11.7 Å². The lowest BCUT2D eigenvalue weighted by Gasteiger charge is -2.49. The molecule has 1 saturated heterocycles. The van der Waals surface area contributed by atoms with E-state index in [1.54, 1.807) is 16.0 Å². The highest BCUT2D eigenvalue weighted by Gasteiger charge is 2.62. The Labute approximate surface area is 269 Å². The number of hydrogen-bond donors (Lipinski definition) is 1. The van der Waals surface area contributed by atoms with Crippen LogP contribution in [-0.4, -0.2) is 69.3 Å². The topological polar surface area (TPSA) is 100 Å². The van der Waals surface area contributed by atoms with E-state index in [0.29, 0.717) is 59.3 Å². The Kier molecular flexibility index (Phi) is 8.84. The number of rotatable bonds is 5. The molecule has 234 valence electrons. The van der Waals surface area contributed by atoms with Gasteiger partial charge in [0, 0.05) is 53.6 Å². The van der Waals surface area contributed by atoms with E-state index in [1.807, 2.05) is 71.0 Å². The third-order valence-electron chi connectivity index (χ3n) is 8.89. The predicted octanol–water partition coefficient (Wildman–Crippen LogP) is 6.20. The van der Waals surface area contributed by atoms with E-state index in [4.69, 9.17) is 42.9 Å². The normalized spacial score (nSPS) is 25.7. The number of hydrogen-bond acceptors (Lipinski definition) is 6. The van der Waals surface area contributed by atoms with Crippen molar-refractivity contribution >= 4 is 41.0 Å². The van der Waals surface area contributed by atoms with E-state index in [9.17, 15) is 9.59 Å². The van der Waals surface area contributed by atoms with Crippen molar-refractivity contribution in [3.05, 3.63) is 75.7 Å². The molecule has 44 heavy (non-hydrogen) atoms. The molecular weight excluding hydrogens is 599 g/mol. The smallest absolute Gasteiger partial charge is 0.326 e. The van der Waals surface area contributed by atoms with Crippen molar-refractivity contribution < 1.29 is 14.3 Å². The van der Waals surface area contributed by atoms with Gasteiger partial charge in [0.05, 0.1) is 23.2 Å². The number of carbonyl (C=O) groups excluding carboxylic acids is 2. The SMILES string of the molecule is CCOc1nc(C(C)(C)C)ncc1C1=N[C@@](C)(C2C=CC(Cl)=CC2)[C@@](C)(c2ccc(Cl)cc2)N1C(=O)N1CCNC(=O)CC1. The minimum Gasteiger partial charge on any atom is -0.477 e. The third-order valence-corrected chi connectivity index (χ3v) is 9.42. The van der Waals surface area contributed by atoms with E-state index in [2.05, 4.69) is 18.3 Å². The highest BCUT2D eigenvalue weighted by atomic mass is 35.5. The van der Waals surface area contributed by atoms with Crippen LogP contribution >= 0.6 is 23.2 Å². The zero-order chi connectivity index (χ0) is 31.9. The van der Waals surface area contributed by atoms with Crippen LogP contribution in [0.2, 0.25) is 5.02 Å². The average Bonchev–Trinajstić information content (AvgIpc) is 3.08. The molecule has 1 unspecified atom stereocenters. The number of urea groups is 1. The minimum absolute atomic E-state index is 0.0817. The van der Waals surface area contributed by atoms with Crippen LogP contribution in [0, 0.1) is 5.92 Å². The molecule has 2 aliphatic heterocycles. The van der Waals surface area contributed by atoms with Gasteiger partial charge in [-0.3, -0.25) is 14.7 Å². The van der Waals surface area contributed by atoms with Crippen LogP contribution in [0.4, 0.5) is 4.79 Å². The summed E-state index contributed by atoms with van der Waals surface area (Å²) >= 11 is 12.7. The molecule has 3 aliphatic rings. The van der Waals surface area contributed by atoms with Crippen molar-refractivity contribution in [2.45, 2.75) is 70.9 Å². The summed E-state index contributed by atoms with van der Waals surface area (Å²) in [7, 11) is 0. The van der Waals surface area contributed by atoms with Gasteiger partial charge in [0.15, 0.2) is 0 Å². The fourth-order valence-corrected chi connectivity index (χ4v) is 6.45. The lowest BCUT2D eigenvalue weighted by molar-refractivity contribution is -0.120. The summed E-state index contributed by atoms with van der Waals surface area (Å²) in [5.74, 6) is 1.20. The molecule has 1 N–H and O–H groups in total. The second-order valence-corrected chi connectivity index (χ2v) is 13.6. The Bertz CT molecular complexity index is 1530. The van der Waals surface area contributed by atoms with Gasteiger partial charge in [-0.2, -0.15) is 4.98 Å². The van der Waals surface area contributed by atoms with Crippen molar-refractivity contribution in [3.63, 3.8) is 0 Å². The third kappa shape index (κ3) is 5.72. The van der Waals surface area contributed by atoms with Gasteiger partial charge in [0.25, 0.3) is 0 Å². The number of nitrogens with zero attached hydrogens (tertiary/aromatic N) is 5. The summed E-state index contributed by atoms with van der Waals surface area (Å²) in [5, 5.41) is 4.13. The molecule has 3 amide bonds. The molecule has 9 nitrogen and oxygen atoms in total. The number of halogens is 2. The Balaban J connectivity index is 1.77. The summed E-state index contributed by atoms with van der Waals surface area (Å²) in [6.07, 6.45) is 8.51. The minimum atomic E-state index is -1.01. The number of aliphatic imine (C=N–C) groups is 1. The summed E-state index contributed by atoms with van der Waals surface area (Å²) in [5.41, 5.74) is -0.822. The van der Waals surface area contributed by atoms with Gasteiger partial charge >= 0.3 is 6.03 Å². The number of ether oxygens (including phenoxy) is 1. The van der Waals surface area contributed by atoms with Crippen LogP contribution in [-0.2, 0) is 15.7 Å². The van der Waals surface area contributed by atoms with Gasteiger partial charge in [-0.15, -0.1) is 0 Å². The maximum absolute atomic E-state index is 14.9. The molecule has 0 bridgehead atoms. The molecule has 5 rings (SSSR count). The molecule has 3 atom stereocenters. The first kappa shape index (κ1) is 32.0. The largest absolute Gasteiger partial charge is 0.477 e. The summed E-state index contributed by atoms with van der Waals surface area (Å²) in [6, 6.07) is 7.29. The van der Waals surface area contributed by atoms with Crippen LogP contribution < -0.4 is 10.1 Å². The molecule has 0 radical (unpaired) electrons. The summed E-state index contributed by atoms with van der Waals surface area (Å²) in [4.78, 5) is 45.6. The number of carbonyl (C=O) groups is 2. The Morgan fingerprint density at radius 2 is 1.89 bits per heavy atom. The zero-order valence-corrected chi connectivity index (χ0v) is 27.7. The monoisotopic (exact) mass is 638 g/mol. The second kappa shape index (κ2) is 12.2. The molecular formula is C33H40Cl2N6O3. The van der Waals surface area contributed by atoms with E-state index in [0.717, 1.165) is 5.56 Å². The lowest BCUT2D eigenvalue weighted by Crippen LogP contribution is -2.61. The van der Waals surface area contributed by atoms with Crippen LogP contribution in [0.5, 0.6) is 5.88 Å². The molecule has 1 aromatic heterocycles. The van der Waals surface area contributed by atoms with Crippen LogP contribution in [0.25, 0.3) is 0 Å². The molecule has 11 heteroatoms. The Morgan fingerprint density at radius 3 is 2.52 bits per heavy atom. The number of nitrogens with one attached hydrogen (secondary N) is 1. The molecule has 0 saturated carbocycles. The van der Waals surface area contributed by atoms with Crippen molar-refractivity contribution in [2.75, 3.05) is 26.2 Å². The number of amidine groups is 1. The van der Waals surface area contributed by atoms with Crippen molar-refractivity contribution in [1.82, 2.24) is 25.1 Å². The van der Waals surface area contributed by atoms with Crippen LogP contribution in [0.3, 0.4) is 0 Å². The molecule has 3 heterocycles. The van der Waals surface area contributed by atoms with E-state index >= 15 is 0 Å². The van der Waals surface area contributed by atoms with Crippen LogP contribution in [0.15, 0.2) is 58.7 Å². The average molecular weight is 640 g/mol. The standard InChI is InChI=1S/C33H40Cl2N6O3/c1-7-44-28-25(20-37-29(38-28)31(2,3)4)27-39-32(5,21-8-12-23(34)13-9-21)33(6,22-10-14-24(35)15-11-22)41(27)30(43)40-18-16-26(42)36-17-19-40/h8,10-15,20-21H,7,9,16-19H2,1-6H3,(H,36,42)/t21?,32-,33+/m0/s1. The Morgan fingerprint density at radius 1 is 1.16 bits per heavy atom. The first-order chi connectivity index (χ1) is 20.8. The summed E-state index contributed by atoms with van der Waals surface area (Å²) in [6.45, 7) is 13.5. The molecule has 1 aliphatic carbocycles. The van der Waals surface area contributed by atoms with Crippen molar-refractivity contribution in [3.8, 4) is 5.88 Å². The first-order valence-corrected chi connectivity index (χ1v) is 15.8. The van der Waals surface area contributed by atoms with E-state index in [-0.39, 0.29) is 36.2 Å². The molecule has 0 spiro atoms. The summed E-state index contributed by atoms with van der Waals surface area (Å²) < 4.78 is 6.11. The maximum atomic E-state index is 14.9. The number of allylic oxidation sites excluding steroid dienone is 3. The fraction of sp³-hybridized carbons (Fsp3) is 0.485. The second-order valence-electron chi connectivity index (χ2n) is 12.8. The van der Waals surface area contributed by atoms with Crippen LogP contribution in [0.1, 0.15) is 71.3 Å². The predicted molar refractivity (Wildman–Crippen MR) is 173 cm³/mol. The van der Waals surface area contributed by atoms with E-state index < -0.39 is 11.1 Å². The first-order valence-electron chi connectivity index (χ1n) is 15.1.